The topological polar surface area (TPSA) is 74.6 Å². The van der Waals surface area contributed by atoms with Crippen LogP contribution in [0.25, 0.3) is 0 Å². The molecule has 0 aromatic carbocycles. The van der Waals surface area contributed by atoms with Crippen LogP contribution in [0.15, 0.2) is 0 Å². The molecule has 0 bridgehead atoms. The number of aliphatic carboxylic acids is 2. The molecule has 1 unspecified atom stereocenters. The number of carboxylic acids is 2. The molecule has 0 saturated carbocycles. The number of rotatable bonds is 21. The molecule has 0 spiro atoms. The Bertz CT molecular complexity index is 354. The number of carbonyl (C=O) groups is 2. The summed E-state index contributed by atoms with van der Waals surface area (Å²) in [6, 6.07) is 0. The Balaban J connectivity index is 3.07. The van der Waals surface area contributed by atoms with E-state index in [1.807, 2.05) is 0 Å². The van der Waals surface area contributed by atoms with Crippen molar-refractivity contribution < 1.29 is 19.8 Å². The normalized spacial score (nSPS) is 12.2. The van der Waals surface area contributed by atoms with Gasteiger partial charge in [0.05, 0.1) is 5.92 Å². The SMILES string of the molecule is CC(CCCCCCCCCCCCCCCCCCCC(=O)O)C(=O)O. The van der Waals surface area contributed by atoms with Crippen LogP contribution in [0.5, 0.6) is 0 Å². The van der Waals surface area contributed by atoms with Gasteiger partial charge in [0, 0.05) is 6.42 Å². The van der Waals surface area contributed by atoms with Gasteiger partial charge in [0.25, 0.3) is 0 Å². The minimum absolute atomic E-state index is 0.186. The standard InChI is InChI=1S/C23H44O4/c1-21(23(26)27)19-17-15-13-11-9-7-5-3-2-4-6-8-10-12-14-16-18-20-22(24)25/h21H,2-20H2,1H3,(H,24,25)(H,26,27). The van der Waals surface area contributed by atoms with Crippen LogP contribution in [0, 0.1) is 5.92 Å². The second-order valence-corrected chi connectivity index (χ2v) is 8.18. The summed E-state index contributed by atoms with van der Waals surface area (Å²) < 4.78 is 0. The van der Waals surface area contributed by atoms with Gasteiger partial charge in [0.1, 0.15) is 0 Å². The largest absolute Gasteiger partial charge is 0.481 e. The Morgan fingerprint density at radius 2 is 0.852 bits per heavy atom. The second kappa shape index (κ2) is 19.7. The van der Waals surface area contributed by atoms with Crippen LogP contribution in [0.3, 0.4) is 0 Å². The molecule has 0 aromatic heterocycles. The molecule has 160 valence electrons. The van der Waals surface area contributed by atoms with Gasteiger partial charge < -0.3 is 10.2 Å². The van der Waals surface area contributed by atoms with Crippen molar-refractivity contribution in [2.75, 3.05) is 0 Å². The molecule has 0 radical (unpaired) electrons. The van der Waals surface area contributed by atoms with Crippen molar-refractivity contribution >= 4 is 11.9 Å². The second-order valence-electron chi connectivity index (χ2n) is 8.18. The molecule has 4 heteroatoms. The van der Waals surface area contributed by atoms with E-state index < -0.39 is 11.9 Å². The lowest BCUT2D eigenvalue weighted by Gasteiger charge is -2.06. The maximum Gasteiger partial charge on any atom is 0.306 e. The van der Waals surface area contributed by atoms with Gasteiger partial charge in [-0.1, -0.05) is 110 Å². The molecular formula is C23H44O4. The van der Waals surface area contributed by atoms with E-state index in [-0.39, 0.29) is 5.92 Å². The molecule has 0 aromatic rings. The maximum absolute atomic E-state index is 10.7. The van der Waals surface area contributed by atoms with Crippen LogP contribution in [0.2, 0.25) is 0 Å². The molecule has 0 amide bonds. The Hall–Kier alpha value is -1.06. The van der Waals surface area contributed by atoms with Crippen molar-refractivity contribution in [3.63, 3.8) is 0 Å². The van der Waals surface area contributed by atoms with E-state index >= 15 is 0 Å². The maximum atomic E-state index is 10.7. The van der Waals surface area contributed by atoms with Gasteiger partial charge in [-0.3, -0.25) is 9.59 Å². The zero-order valence-electron chi connectivity index (χ0n) is 17.7. The molecule has 0 rings (SSSR count). The first kappa shape index (κ1) is 25.9. The lowest BCUT2D eigenvalue weighted by Crippen LogP contribution is -2.08. The van der Waals surface area contributed by atoms with Crippen LogP contribution >= 0.6 is 0 Å². The van der Waals surface area contributed by atoms with E-state index in [9.17, 15) is 9.59 Å². The van der Waals surface area contributed by atoms with Crippen LogP contribution in [0.1, 0.15) is 129 Å². The molecule has 0 fully saturated rings. The highest BCUT2D eigenvalue weighted by Gasteiger charge is 2.09. The van der Waals surface area contributed by atoms with E-state index in [0.717, 1.165) is 25.7 Å². The van der Waals surface area contributed by atoms with Crippen molar-refractivity contribution in [1.29, 1.82) is 0 Å². The van der Waals surface area contributed by atoms with Crippen molar-refractivity contribution in [2.45, 2.75) is 129 Å². The Morgan fingerprint density at radius 1 is 0.556 bits per heavy atom. The van der Waals surface area contributed by atoms with Crippen molar-refractivity contribution in [1.82, 2.24) is 0 Å². The summed E-state index contributed by atoms with van der Waals surface area (Å²) in [5.74, 6) is -1.52. The lowest BCUT2D eigenvalue weighted by atomic mass is 10.0. The number of unbranched alkanes of at least 4 members (excludes halogenated alkanes) is 16. The van der Waals surface area contributed by atoms with Crippen LogP contribution in [-0.4, -0.2) is 22.2 Å². The van der Waals surface area contributed by atoms with Gasteiger partial charge >= 0.3 is 11.9 Å². The fourth-order valence-electron chi connectivity index (χ4n) is 3.50. The van der Waals surface area contributed by atoms with Gasteiger partial charge in [-0.25, -0.2) is 0 Å². The van der Waals surface area contributed by atoms with Gasteiger partial charge in [-0.05, 0) is 12.8 Å². The highest BCUT2D eigenvalue weighted by Crippen LogP contribution is 2.15. The summed E-state index contributed by atoms with van der Waals surface area (Å²) in [4.78, 5) is 21.1. The van der Waals surface area contributed by atoms with Gasteiger partial charge in [-0.2, -0.15) is 0 Å². The zero-order valence-corrected chi connectivity index (χ0v) is 17.7. The average Bonchev–Trinajstić information content (AvgIpc) is 2.63. The predicted molar refractivity (Wildman–Crippen MR) is 112 cm³/mol. The van der Waals surface area contributed by atoms with Crippen molar-refractivity contribution in [3.8, 4) is 0 Å². The summed E-state index contributed by atoms with van der Waals surface area (Å²) in [6.45, 7) is 1.80. The summed E-state index contributed by atoms with van der Waals surface area (Å²) >= 11 is 0. The summed E-state index contributed by atoms with van der Waals surface area (Å²) in [7, 11) is 0. The number of carboxylic acid groups (broad SMARTS) is 2. The Labute approximate surface area is 167 Å². The smallest absolute Gasteiger partial charge is 0.306 e. The van der Waals surface area contributed by atoms with E-state index in [4.69, 9.17) is 10.2 Å². The summed E-state index contributed by atoms with van der Waals surface area (Å²) in [5, 5.41) is 17.4. The van der Waals surface area contributed by atoms with Crippen LogP contribution < -0.4 is 0 Å². The fraction of sp³-hybridized carbons (Fsp3) is 0.913. The van der Waals surface area contributed by atoms with Gasteiger partial charge in [0.15, 0.2) is 0 Å². The highest BCUT2D eigenvalue weighted by atomic mass is 16.4. The number of hydrogen-bond donors (Lipinski definition) is 2. The monoisotopic (exact) mass is 384 g/mol. The summed E-state index contributed by atoms with van der Waals surface area (Å²) in [5.41, 5.74) is 0. The first-order chi connectivity index (χ1) is 13.0. The van der Waals surface area contributed by atoms with E-state index in [1.54, 1.807) is 6.92 Å². The van der Waals surface area contributed by atoms with Crippen molar-refractivity contribution in [3.05, 3.63) is 0 Å². The van der Waals surface area contributed by atoms with E-state index in [0.29, 0.717) is 6.42 Å². The lowest BCUT2D eigenvalue weighted by molar-refractivity contribution is -0.141. The molecule has 0 aliphatic heterocycles. The van der Waals surface area contributed by atoms with Crippen molar-refractivity contribution in [2.24, 2.45) is 5.92 Å². The van der Waals surface area contributed by atoms with Crippen LogP contribution in [-0.2, 0) is 9.59 Å². The minimum atomic E-state index is -0.669. The molecular weight excluding hydrogens is 340 g/mol. The first-order valence-electron chi connectivity index (χ1n) is 11.5. The third kappa shape index (κ3) is 21.1. The van der Waals surface area contributed by atoms with E-state index in [1.165, 1.54) is 89.9 Å². The molecule has 0 aliphatic carbocycles. The van der Waals surface area contributed by atoms with Gasteiger partial charge in [-0.15, -0.1) is 0 Å². The molecule has 0 aliphatic rings. The predicted octanol–water partition coefficient (Wildman–Crippen LogP) is 7.20. The molecule has 1 atom stereocenters. The quantitative estimate of drug-likeness (QED) is 0.205. The first-order valence-corrected chi connectivity index (χ1v) is 11.5. The Morgan fingerprint density at radius 3 is 1.15 bits per heavy atom. The Kier molecular flexibility index (Phi) is 18.9. The zero-order chi connectivity index (χ0) is 20.2. The third-order valence-electron chi connectivity index (χ3n) is 5.45. The third-order valence-corrected chi connectivity index (χ3v) is 5.45. The van der Waals surface area contributed by atoms with E-state index in [2.05, 4.69) is 0 Å². The minimum Gasteiger partial charge on any atom is -0.481 e. The number of hydrogen-bond acceptors (Lipinski definition) is 2. The molecule has 27 heavy (non-hydrogen) atoms. The van der Waals surface area contributed by atoms with Crippen LogP contribution in [0.4, 0.5) is 0 Å². The average molecular weight is 385 g/mol. The molecule has 2 N–H and O–H groups in total. The fourth-order valence-corrected chi connectivity index (χ4v) is 3.50. The highest BCUT2D eigenvalue weighted by molar-refractivity contribution is 5.69. The molecule has 0 heterocycles. The molecule has 0 saturated heterocycles. The molecule has 4 nitrogen and oxygen atoms in total. The van der Waals surface area contributed by atoms with Gasteiger partial charge in [0.2, 0.25) is 0 Å². The summed E-state index contributed by atoms with van der Waals surface area (Å²) in [6.07, 6.45) is 22.4.